The van der Waals surface area contributed by atoms with Crippen molar-refractivity contribution in [2.24, 2.45) is 0 Å². The fourth-order valence-corrected chi connectivity index (χ4v) is 2.45. The number of benzene rings is 1. The summed E-state index contributed by atoms with van der Waals surface area (Å²) in [6.45, 7) is 1.93. The highest BCUT2D eigenvalue weighted by atomic mass is 16.3. The Kier molecular flexibility index (Phi) is 2.58. The molecule has 2 aliphatic rings. The van der Waals surface area contributed by atoms with Gasteiger partial charge in [-0.2, -0.15) is 0 Å². The molecule has 3 nitrogen and oxygen atoms in total. The maximum atomic E-state index is 9.94. The number of hydrogen-bond donors (Lipinski definition) is 3. The molecule has 86 valence electrons. The molecule has 3 heteroatoms. The Labute approximate surface area is 95.9 Å². The molecule has 1 heterocycles. The van der Waals surface area contributed by atoms with Crippen LogP contribution in [0.5, 0.6) is 5.75 Å². The minimum absolute atomic E-state index is 0.269. The van der Waals surface area contributed by atoms with E-state index in [1.54, 1.807) is 6.07 Å². The van der Waals surface area contributed by atoms with Crippen LogP contribution in [0.15, 0.2) is 18.2 Å². The highest BCUT2D eigenvalue weighted by Crippen LogP contribution is 2.31. The van der Waals surface area contributed by atoms with Crippen molar-refractivity contribution in [1.82, 2.24) is 10.6 Å². The summed E-state index contributed by atoms with van der Waals surface area (Å²) < 4.78 is 0. The highest BCUT2D eigenvalue weighted by Gasteiger charge is 2.26. The van der Waals surface area contributed by atoms with Crippen LogP contribution in [0.2, 0.25) is 0 Å². The molecular formula is C13H18N2O. The molecule has 1 aromatic rings. The summed E-state index contributed by atoms with van der Waals surface area (Å²) in [7, 11) is 0. The van der Waals surface area contributed by atoms with Crippen molar-refractivity contribution >= 4 is 0 Å². The highest BCUT2D eigenvalue weighted by molar-refractivity contribution is 5.43. The van der Waals surface area contributed by atoms with Gasteiger partial charge in [-0.15, -0.1) is 0 Å². The molecule has 0 spiro atoms. The van der Waals surface area contributed by atoms with Crippen molar-refractivity contribution in [2.75, 3.05) is 13.1 Å². The Bertz CT molecular complexity index is 388. The molecule has 0 amide bonds. The average Bonchev–Trinajstić information content (AvgIpc) is 3.10. The lowest BCUT2D eigenvalue weighted by molar-refractivity contribution is 0.419. The number of aromatic hydroxyl groups is 1. The van der Waals surface area contributed by atoms with Crippen LogP contribution in [0.3, 0.4) is 0 Å². The molecule has 1 fully saturated rings. The first-order chi connectivity index (χ1) is 7.84. The second kappa shape index (κ2) is 4.07. The van der Waals surface area contributed by atoms with Gasteiger partial charge in [0.1, 0.15) is 5.75 Å². The van der Waals surface area contributed by atoms with Crippen LogP contribution >= 0.6 is 0 Å². The zero-order valence-electron chi connectivity index (χ0n) is 9.37. The molecule has 1 aliphatic carbocycles. The zero-order valence-corrected chi connectivity index (χ0v) is 9.37. The number of phenols is 1. The molecule has 0 radical (unpaired) electrons. The van der Waals surface area contributed by atoms with Gasteiger partial charge < -0.3 is 15.7 Å². The van der Waals surface area contributed by atoms with E-state index in [0.717, 1.165) is 31.1 Å². The van der Waals surface area contributed by atoms with E-state index in [1.807, 2.05) is 6.07 Å². The standard InChI is InChI=1S/C13H18N2O/c16-12-3-1-2-9-6-7-14-11(13(9)12)8-15-10-4-5-10/h1-3,10-11,14-16H,4-8H2. The third kappa shape index (κ3) is 1.93. The Balaban J connectivity index is 1.80. The summed E-state index contributed by atoms with van der Waals surface area (Å²) >= 11 is 0. The van der Waals surface area contributed by atoms with Crippen molar-refractivity contribution in [3.05, 3.63) is 29.3 Å². The molecule has 0 aromatic heterocycles. The summed E-state index contributed by atoms with van der Waals surface area (Å²) in [6.07, 6.45) is 3.63. The van der Waals surface area contributed by atoms with E-state index in [4.69, 9.17) is 0 Å². The number of rotatable bonds is 3. The van der Waals surface area contributed by atoms with E-state index in [2.05, 4.69) is 16.7 Å². The second-order valence-corrected chi connectivity index (χ2v) is 4.79. The summed E-state index contributed by atoms with van der Waals surface area (Å²) in [4.78, 5) is 0. The largest absolute Gasteiger partial charge is 0.508 e. The van der Waals surface area contributed by atoms with E-state index in [9.17, 15) is 5.11 Å². The summed E-state index contributed by atoms with van der Waals surface area (Å²) in [5.41, 5.74) is 2.39. The maximum absolute atomic E-state index is 9.94. The molecule has 0 bridgehead atoms. The van der Waals surface area contributed by atoms with Gasteiger partial charge in [0, 0.05) is 24.2 Å². The normalized spacial score (nSPS) is 24.1. The van der Waals surface area contributed by atoms with Crippen molar-refractivity contribution < 1.29 is 5.11 Å². The van der Waals surface area contributed by atoms with Crippen molar-refractivity contribution in [1.29, 1.82) is 0 Å². The van der Waals surface area contributed by atoms with Crippen LogP contribution in [0.4, 0.5) is 0 Å². The Morgan fingerprint density at radius 3 is 3.06 bits per heavy atom. The minimum atomic E-state index is 0.269. The fourth-order valence-electron chi connectivity index (χ4n) is 2.45. The van der Waals surface area contributed by atoms with Crippen molar-refractivity contribution in [2.45, 2.75) is 31.3 Å². The summed E-state index contributed by atoms with van der Waals surface area (Å²) in [6, 6.07) is 6.84. The first-order valence-corrected chi connectivity index (χ1v) is 6.12. The van der Waals surface area contributed by atoms with Crippen LogP contribution in [0, 0.1) is 0 Å². The van der Waals surface area contributed by atoms with Crippen LogP contribution in [-0.4, -0.2) is 24.2 Å². The number of hydrogen-bond acceptors (Lipinski definition) is 3. The predicted molar refractivity (Wildman–Crippen MR) is 63.6 cm³/mol. The topological polar surface area (TPSA) is 44.3 Å². The minimum Gasteiger partial charge on any atom is -0.508 e. The van der Waals surface area contributed by atoms with Gasteiger partial charge in [0.25, 0.3) is 0 Å². The molecule has 0 saturated heterocycles. The van der Waals surface area contributed by atoms with Crippen LogP contribution in [-0.2, 0) is 6.42 Å². The van der Waals surface area contributed by atoms with Crippen LogP contribution < -0.4 is 10.6 Å². The lowest BCUT2D eigenvalue weighted by atomic mass is 9.93. The molecule has 1 aromatic carbocycles. The third-order valence-electron chi connectivity index (χ3n) is 3.49. The summed E-state index contributed by atoms with van der Waals surface area (Å²) in [5, 5.41) is 16.9. The van der Waals surface area contributed by atoms with Crippen LogP contribution in [0.25, 0.3) is 0 Å². The second-order valence-electron chi connectivity index (χ2n) is 4.79. The monoisotopic (exact) mass is 218 g/mol. The van der Waals surface area contributed by atoms with Gasteiger partial charge in [-0.25, -0.2) is 0 Å². The molecule has 3 rings (SSSR count). The van der Waals surface area contributed by atoms with Gasteiger partial charge in [0.05, 0.1) is 0 Å². The molecule has 3 N–H and O–H groups in total. The first kappa shape index (κ1) is 10.1. The molecule has 1 unspecified atom stereocenters. The number of nitrogens with one attached hydrogen (secondary N) is 2. The Morgan fingerprint density at radius 2 is 2.25 bits per heavy atom. The number of phenolic OH excluding ortho intramolecular Hbond substituents is 1. The first-order valence-electron chi connectivity index (χ1n) is 6.12. The van der Waals surface area contributed by atoms with E-state index in [1.165, 1.54) is 18.4 Å². The van der Waals surface area contributed by atoms with Gasteiger partial charge in [0.15, 0.2) is 0 Å². The average molecular weight is 218 g/mol. The van der Waals surface area contributed by atoms with E-state index in [0.29, 0.717) is 5.75 Å². The fraction of sp³-hybridized carbons (Fsp3) is 0.538. The number of fused-ring (bicyclic) bond motifs is 1. The smallest absolute Gasteiger partial charge is 0.120 e. The lowest BCUT2D eigenvalue weighted by Crippen LogP contribution is -2.37. The van der Waals surface area contributed by atoms with E-state index < -0.39 is 0 Å². The van der Waals surface area contributed by atoms with Gasteiger partial charge >= 0.3 is 0 Å². The quantitative estimate of drug-likeness (QED) is 0.717. The van der Waals surface area contributed by atoms with E-state index >= 15 is 0 Å². The van der Waals surface area contributed by atoms with Gasteiger partial charge in [0.2, 0.25) is 0 Å². The van der Waals surface area contributed by atoms with Crippen molar-refractivity contribution in [3.63, 3.8) is 0 Å². The lowest BCUT2D eigenvalue weighted by Gasteiger charge is -2.28. The molecule has 1 aliphatic heterocycles. The third-order valence-corrected chi connectivity index (χ3v) is 3.49. The maximum Gasteiger partial charge on any atom is 0.120 e. The van der Waals surface area contributed by atoms with Crippen molar-refractivity contribution in [3.8, 4) is 5.75 Å². The SMILES string of the molecule is Oc1cccc2c1C(CNC1CC1)NCC2. The Morgan fingerprint density at radius 1 is 1.38 bits per heavy atom. The molecule has 1 atom stereocenters. The van der Waals surface area contributed by atoms with Gasteiger partial charge in [-0.3, -0.25) is 0 Å². The predicted octanol–water partition coefficient (Wildman–Crippen LogP) is 1.33. The molecule has 1 saturated carbocycles. The molecule has 16 heavy (non-hydrogen) atoms. The summed E-state index contributed by atoms with van der Waals surface area (Å²) in [5.74, 6) is 0.437. The van der Waals surface area contributed by atoms with Gasteiger partial charge in [-0.1, -0.05) is 12.1 Å². The Hall–Kier alpha value is -1.06. The zero-order chi connectivity index (χ0) is 11.0. The van der Waals surface area contributed by atoms with Crippen LogP contribution in [0.1, 0.15) is 30.0 Å². The van der Waals surface area contributed by atoms with Gasteiger partial charge in [-0.05, 0) is 37.4 Å². The molecular weight excluding hydrogens is 200 g/mol. The van der Waals surface area contributed by atoms with E-state index in [-0.39, 0.29) is 6.04 Å².